The number of benzene rings is 7. The van der Waals surface area contributed by atoms with Gasteiger partial charge in [0.1, 0.15) is 11.2 Å². The van der Waals surface area contributed by atoms with E-state index >= 15 is 0 Å². The Bertz CT molecular complexity index is 3230. The van der Waals surface area contributed by atoms with Crippen molar-refractivity contribution in [1.29, 1.82) is 0 Å². The van der Waals surface area contributed by atoms with Gasteiger partial charge in [-0.2, -0.15) is 0 Å². The lowest BCUT2D eigenvalue weighted by Gasteiger charge is -2.22. The van der Waals surface area contributed by atoms with Crippen molar-refractivity contribution >= 4 is 77.6 Å². The highest BCUT2D eigenvalue weighted by atomic mass is 16.3. The molecule has 0 saturated heterocycles. The van der Waals surface area contributed by atoms with Crippen LogP contribution in [-0.2, 0) is 11.8 Å². The van der Waals surface area contributed by atoms with Gasteiger partial charge in [-0.15, -0.1) is 0 Å². The van der Waals surface area contributed by atoms with Crippen molar-refractivity contribution in [3.05, 3.63) is 216 Å². The Morgan fingerprint density at radius 3 is 2.02 bits per heavy atom. The van der Waals surface area contributed by atoms with E-state index in [0.29, 0.717) is 0 Å². The molecule has 0 aliphatic heterocycles. The van der Waals surface area contributed by atoms with Crippen LogP contribution >= 0.6 is 0 Å². The van der Waals surface area contributed by atoms with Gasteiger partial charge in [-0.25, -0.2) is 0 Å². The summed E-state index contributed by atoms with van der Waals surface area (Å²) in [6, 6.07) is 40.0. The van der Waals surface area contributed by atoms with E-state index in [1.807, 2.05) is 18.2 Å². The molecule has 0 spiro atoms. The van der Waals surface area contributed by atoms with Gasteiger partial charge in [0.05, 0.1) is 0 Å². The van der Waals surface area contributed by atoms with Crippen LogP contribution in [-0.4, -0.2) is 0 Å². The number of fused-ring (bicyclic) bond motifs is 7. The summed E-state index contributed by atoms with van der Waals surface area (Å²) in [5.74, 6) is 0. The SMILES string of the molecule is C=Cc1c(/C(C)=C/C=C2\Cc3cc4cc5c(cc4cc3C2(C)C)oc2ccccc25)ccc(-c2c3ccccc3c(/C3=C/C=C\C/C=C\C=C/C3)c3ccccc23)c1C=C. The van der Waals surface area contributed by atoms with Crippen molar-refractivity contribution < 1.29 is 4.42 Å². The normalized spacial score (nSPS) is 18.5. The number of para-hydroxylation sites is 1. The lowest BCUT2D eigenvalue weighted by Crippen LogP contribution is -2.15. The van der Waals surface area contributed by atoms with Gasteiger partial charge in [-0.05, 0) is 138 Å². The Morgan fingerprint density at radius 2 is 1.28 bits per heavy atom. The minimum atomic E-state index is -0.108. The molecule has 1 aromatic heterocycles. The Kier molecular flexibility index (Phi) is 9.34. The molecule has 60 heavy (non-hydrogen) atoms. The molecule has 0 amide bonds. The van der Waals surface area contributed by atoms with E-state index in [4.69, 9.17) is 4.42 Å². The number of hydrogen-bond donors (Lipinski definition) is 0. The monoisotopic (exact) mass is 772 g/mol. The molecule has 1 nitrogen and oxygen atoms in total. The highest BCUT2D eigenvalue weighted by Gasteiger charge is 2.34. The first-order valence-corrected chi connectivity index (χ1v) is 21.2. The maximum atomic E-state index is 6.27. The first-order chi connectivity index (χ1) is 29.4. The maximum absolute atomic E-state index is 6.27. The van der Waals surface area contributed by atoms with E-state index in [2.05, 4.69) is 192 Å². The van der Waals surface area contributed by atoms with Crippen LogP contribution in [0.15, 0.2) is 187 Å². The van der Waals surface area contributed by atoms with E-state index in [0.717, 1.165) is 47.1 Å². The summed E-state index contributed by atoms with van der Waals surface area (Å²) in [5.41, 5.74) is 15.5. The Morgan fingerprint density at radius 1 is 0.633 bits per heavy atom. The fourth-order valence-corrected chi connectivity index (χ4v) is 9.91. The molecule has 7 aromatic carbocycles. The van der Waals surface area contributed by atoms with Gasteiger partial charge in [0.2, 0.25) is 0 Å². The summed E-state index contributed by atoms with van der Waals surface area (Å²) in [4.78, 5) is 0. The van der Waals surface area contributed by atoms with Crippen LogP contribution in [0.4, 0.5) is 0 Å². The first kappa shape index (κ1) is 37.3. The van der Waals surface area contributed by atoms with Crippen LogP contribution in [0.1, 0.15) is 67.0 Å². The Labute approximate surface area is 353 Å². The van der Waals surface area contributed by atoms with Gasteiger partial charge in [-0.3, -0.25) is 0 Å². The zero-order chi connectivity index (χ0) is 41.0. The summed E-state index contributed by atoms with van der Waals surface area (Å²) in [6.45, 7) is 15.7. The van der Waals surface area contributed by atoms with E-state index < -0.39 is 0 Å². The van der Waals surface area contributed by atoms with Crippen LogP contribution in [0.2, 0.25) is 0 Å². The van der Waals surface area contributed by atoms with Crippen LogP contribution < -0.4 is 0 Å². The molecule has 0 N–H and O–H groups in total. The fourth-order valence-electron chi connectivity index (χ4n) is 9.91. The quantitative estimate of drug-likeness (QED) is 0.153. The molecule has 0 bridgehead atoms. The molecule has 0 saturated carbocycles. The van der Waals surface area contributed by atoms with Gasteiger partial charge in [0.15, 0.2) is 0 Å². The number of allylic oxidation sites excluding steroid dienone is 12. The third kappa shape index (κ3) is 6.16. The number of hydrogen-bond acceptors (Lipinski definition) is 1. The summed E-state index contributed by atoms with van der Waals surface area (Å²) in [7, 11) is 0. The Hall–Kier alpha value is -6.96. The zero-order valence-electron chi connectivity index (χ0n) is 34.7. The van der Waals surface area contributed by atoms with E-state index in [1.54, 1.807) is 0 Å². The van der Waals surface area contributed by atoms with Crippen molar-refractivity contribution in [2.75, 3.05) is 0 Å². The highest BCUT2D eigenvalue weighted by molar-refractivity contribution is 6.20. The molecule has 0 atom stereocenters. The minimum absolute atomic E-state index is 0.108. The highest BCUT2D eigenvalue weighted by Crippen LogP contribution is 2.47. The molecule has 290 valence electrons. The first-order valence-electron chi connectivity index (χ1n) is 21.2. The molecular formula is C59H48O. The lowest BCUT2D eigenvalue weighted by atomic mass is 9.81. The van der Waals surface area contributed by atoms with Gasteiger partial charge < -0.3 is 4.42 Å². The molecule has 1 heteroatoms. The van der Waals surface area contributed by atoms with Crippen molar-refractivity contribution in [1.82, 2.24) is 0 Å². The van der Waals surface area contributed by atoms with E-state index in [-0.39, 0.29) is 5.41 Å². The molecule has 10 rings (SSSR count). The molecule has 2 aliphatic carbocycles. The third-order valence-corrected chi connectivity index (χ3v) is 13.0. The van der Waals surface area contributed by atoms with Gasteiger partial charge in [0.25, 0.3) is 0 Å². The number of furan rings is 1. The standard InChI is InChI=1S/C59H48O/c1-6-44-45(7-2)52(58-50-26-17-15-24-48(50)57(49-25-16-18-27-51(49)58)39-21-13-11-9-8-10-12-14-22-39)32-31-46(44)38(3)29-30-43-34-42-33-40-35-53-47-23-19-20-28-55(47)60-56(53)37-41(40)36-54(42)59(43,4)5/h6-9,11-20,22-33,35-37H,1-2,10,21,34H2,3-5H3/b9-8-,13-11-,14-12-,38-29+,39-22+,43-30+. The summed E-state index contributed by atoms with van der Waals surface area (Å²) >= 11 is 0. The molecule has 0 radical (unpaired) electrons. The summed E-state index contributed by atoms with van der Waals surface area (Å²) < 4.78 is 6.27. The van der Waals surface area contributed by atoms with Crippen LogP contribution in [0.25, 0.3) is 88.7 Å². The second-order valence-electron chi connectivity index (χ2n) is 16.8. The van der Waals surface area contributed by atoms with E-state index in [1.165, 1.54) is 87.6 Å². The predicted molar refractivity (Wildman–Crippen MR) is 261 cm³/mol. The average Bonchev–Trinajstić information content (AvgIpc) is 3.76. The van der Waals surface area contributed by atoms with Crippen molar-refractivity contribution in [3.8, 4) is 11.1 Å². The molecule has 2 aliphatic rings. The molecule has 0 fully saturated rings. The number of rotatable bonds is 6. The van der Waals surface area contributed by atoms with E-state index in [9.17, 15) is 0 Å². The largest absolute Gasteiger partial charge is 0.456 e. The lowest BCUT2D eigenvalue weighted by molar-refractivity contribution is 0.645. The zero-order valence-corrected chi connectivity index (χ0v) is 34.7. The molecule has 0 unspecified atom stereocenters. The minimum Gasteiger partial charge on any atom is -0.456 e. The van der Waals surface area contributed by atoms with Gasteiger partial charge in [-0.1, -0.05) is 184 Å². The van der Waals surface area contributed by atoms with Crippen molar-refractivity contribution in [2.24, 2.45) is 0 Å². The summed E-state index contributed by atoms with van der Waals surface area (Å²) in [5, 5.41) is 9.80. The van der Waals surface area contributed by atoms with Crippen molar-refractivity contribution in [3.63, 3.8) is 0 Å². The van der Waals surface area contributed by atoms with Crippen molar-refractivity contribution in [2.45, 2.75) is 45.4 Å². The van der Waals surface area contributed by atoms with Crippen LogP contribution in [0, 0.1) is 0 Å². The molecule has 8 aromatic rings. The topological polar surface area (TPSA) is 13.1 Å². The van der Waals surface area contributed by atoms with Gasteiger partial charge in [0, 0.05) is 16.2 Å². The average molecular weight is 773 g/mol. The Balaban J connectivity index is 1.06. The smallest absolute Gasteiger partial charge is 0.136 e. The molecule has 1 heterocycles. The summed E-state index contributed by atoms with van der Waals surface area (Å²) in [6.07, 6.45) is 26.9. The van der Waals surface area contributed by atoms with Gasteiger partial charge >= 0.3 is 0 Å². The second kappa shape index (κ2) is 15.0. The fraction of sp³-hybridized carbons (Fsp3) is 0.119. The third-order valence-electron chi connectivity index (χ3n) is 13.0. The predicted octanol–water partition coefficient (Wildman–Crippen LogP) is 16.7. The van der Waals surface area contributed by atoms with Crippen LogP contribution in [0.3, 0.4) is 0 Å². The maximum Gasteiger partial charge on any atom is 0.136 e. The second-order valence-corrected chi connectivity index (χ2v) is 16.8. The van der Waals surface area contributed by atoms with Crippen LogP contribution in [0.5, 0.6) is 0 Å². The molecular weight excluding hydrogens is 725 g/mol.